The van der Waals surface area contributed by atoms with E-state index in [2.05, 4.69) is 20.3 Å². The van der Waals surface area contributed by atoms with Crippen molar-refractivity contribution < 1.29 is 9.53 Å². The van der Waals surface area contributed by atoms with Crippen LogP contribution in [0.4, 0.5) is 5.69 Å². The Morgan fingerprint density at radius 1 is 1.19 bits per heavy atom. The van der Waals surface area contributed by atoms with Crippen molar-refractivity contribution in [1.29, 1.82) is 0 Å². The van der Waals surface area contributed by atoms with E-state index in [0.29, 0.717) is 45.9 Å². The molecule has 0 unspecified atom stereocenters. The molecule has 0 aliphatic carbocycles. The van der Waals surface area contributed by atoms with Crippen molar-refractivity contribution in [3.8, 4) is 0 Å². The van der Waals surface area contributed by atoms with Crippen LogP contribution in [0.25, 0.3) is 21.9 Å². The van der Waals surface area contributed by atoms with Crippen molar-refractivity contribution in [2.45, 2.75) is 30.6 Å². The van der Waals surface area contributed by atoms with Gasteiger partial charge in [0.05, 0.1) is 40.3 Å². The van der Waals surface area contributed by atoms with E-state index in [-0.39, 0.29) is 29.0 Å². The van der Waals surface area contributed by atoms with E-state index in [1.54, 1.807) is 34.9 Å². The second-order valence-corrected chi connectivity index (χ2v) is 8.58. The number of anilines is 1. The first-order valence-corrected chi connectivity index (χ1v) is 11.3. The number of carbonyl (C=O) groups is 1. The van der Waals surface area contributed by atoms with Gasteiger partial charge in [0.2, 0.25) is 5.91 Å². The smallest absolute Gasteiger partial charge is 0.323 e. The van der Waals surface area contributed by atoms with E-state index in [9.17, 15) is 14.4 Å². The number of aromatic nitrogens is 4. The van der Waals surface area contributed by atoms with Gasteiger partial charge in [-0.1, -0.05) is 23.9 Å². The number of thioether (sulfide) groups is 1. The van der Waals surface area contributed by atoms with Gasteiger partial charge < -0.3 is 20.0 Å². The minimum atomic E-state index is -0.300. The summed E-state index contributed by atoms with van der Waals surface area (Å²) in [5, 5.41) is 3.86. The zero-order valence-electron chi connectivity index (χ0n) is 17.1. The van der Waals surface area contributed by atoms with Gasteiger partial charge in [-0.15, -0.1) is 0 Å². The first-order valence-electron chi connectivity index (χ1n) is 10.3. The Kier molecular flexibility index (Phi) is 5.54. The molecule has 164 valence electrons. The van der Waals surface area contributed by atoms with E-state index in [4.69, 9.17) is 4.74 Å². The van der Waals surface area contributed by atoms with Crippen LogP contribution in [0.1, 0.15) is 12.8 Å². The number of rotatable bonds is 6. The molecular formula is C22H21N5O4S. The SMILES string of the molecule is O=C(CSc1nc2ccccc2c(=O)n1C[C@H]1CCCO1)Nc1ccc2[nH]c(=O)[nH]c2c1. The number of carbonyl (C=O) groups excluding carboxylic acids is 1. The van der Waals surface area contributed by atoms with Gasteiger partial charge in [-0.25, -0.2) is 9.78 Å². The van der Waals surface area contributed by atoms with E-state index < -0.39 is 0 Å². The molecule has 32 heavy (non-hydrogen) atoms. The van der Waals surface area contributed by atoms with Crippen LogP contribution in [-0.2, 0) is 16.1 Å². The van der Waals surface area contributed by atoms with Crippen molar-refractivity contribution in [3.05, 3.63) is 63.3 Å². The number of nitrogens with one attached hydrogen (secondary N) is 3. The summed E-state index contributed by atoms with van der Waals surface area (Å²) in [6.07, 6.45) is 1.84. The Morgan fingerprint density at radius 3 is 2.88 bits per heavy atom. The summed E-state index contributed by atoms with van der Waals surface area (Å²) in [5.41, 5.74) is 2.02. The summed E-state index contributed by atoms with van der Waals surface area (Å²) >= 11 is 1.21. The first-order chi connectivity index (χ1) is 15.6. The van der Waals surface area contributed by atoms with Crippen molar-refractivity contribution >= 4 is 45.3 Å². The highest BCUT2D eigenvalue weighted by Gasteiger charge is 2.20. The Hall–Kier alpha value is -3.37. The van der Waals surface area contributed by atoms with Crippen LogP contribution in [0, 0.1) is 0 Å². The maximum absolute atomic E-state index is 13.1. The molecule has 0 bridgehead atoms. The highest BCUT2D eigenvalue weighted by atomic mass is 32.2. The zero-order valence-corrected chi connectivity index (χ0v) is 17.9. The lowest BCUT2D eigenvalue weighted by molar-refractivity contribution is -0.113. The summed E-state index contributed by atoms with van der Waals surface area (Å²) in [5.74, 6) is -0.156. The van der Waals surface area contributed by atoms with Crippen molar-refractivity contribution in [2.24, 2.45) is 0 Å². The molecule has 1 fully saturated rings. The Labute approximate surface area is 186 Å². The molecular weight excluding hydrogens is 430 g/mol. The molecule has 0 spiro atoms. The number of fused-ring (bicyclic) bond motifs is 2. The maximum Gasteiger partial charge on any atom is 0.323 e. The molecule has 1 saturated heterocycles. The van der Waals surface area contributed by atoms with Gasteiger partial charge in [-0.2, -0.15) is 0 Å². The number of para-hydroxylation sites is 1. The molecule has 0 saturated carbocycles. The van der Waals surface area contributed by atoms with Gasteiger partial charge in [-0.3, -0.25) is 14.2 Å². The molecule has 0 radical (unpaired) electrons. The lowest BCUT2D eigenvalue weighted by atomic mass is 10.2. The summed E-state index contributed by atoms with van der Waals surface area (Å²) in [7, 11) is 0. The van der Waals surface area contributed by atoms with Gasteiger partial charge in [0.1, 0.15) is 0 Å². The predicted octanol–water partition coefficient (Wildman–Crippen LogP) is 2.48. The number of aromatic amines is 2. The van der Waals surface area contributed by atoms with Crippen LogP contribution in [0.2, 0.25) is 0 Å². The fourth-order valence-electron chi connectivity index (χ4n) is 3.85. The Morgan fingerprint density at radius 2 is 2.03 bits per heavy atom. The third-order valence-corrected chi connectivity index (χ3v) is 6.35. The van der Waals surface area contributed by atoms with Crippen LogP contribution in [-0.4, -0.2) is 43.9 Å². The Bertz CT molecular complexity index is 1420. The van der Waals surface area contributed by atoms with Crippen LogP contribution in [0.3, 0.4) is 0 Å². The number of ether oxygens (including phenoxy) is 1. The molecule has 1 atom stereocenters. The van der Waals surface area contributed by atoms with Gasteiger partial charge in [0.15, 0.2) is 5.16 Å². The van der Waals surface area contributed by atoms with Crippen molar-refractivity contribution in [2.75, 3.05) is 17.7 Å². The average molecular weight is 452 g/mol. The topological polar surface area (TPSA) is 122 Å². The van der Waals surface area contributed by atoms with Gasteiger partial charge >= 0.3 is 5.69 Å². The number of hydrogen-bond acceptors (Lipinski definition) is 6. The highest BCUT2D eigenvalue weighted by molar-refractivity contribution is 7.99. The molecule has 1 amide bonds. The monoisotopic (exact) mass is 451 g/mol. The first kappa shape index (κ1) is 20.5. The van der Waals surface area contributed by atoms with Crippen molar-refractivity contribution in [3.63, 3.8) is 0 Å². The van der Waals surface area contributed by atoms with Crippen LogP contribution in [0.5, 0.6) is 0 Å². The molecule has 1 aliphatic heterocycles. The minimum absolute atomic E-state index is 0.0286. The summed E-state index contributed by atoms with van der Waals surface area (Å²) < 4.78 is 7.33. The second kappa shape index (κ2) is 8.64. The van der Waals surface area contributed by atoms with Crippen LogP contribution in [0.15, 0.2) is 57.2 Å². The lowest BCUT2D eigenvalue weighted by Gasteiger charge is -2.16. The molecule has 2 aromatic heterocycles. The third-order valence-electron chi connectivity index (χ3n) is 5.37. The Balaban J connectivity index is 1.36. The fourth-order valence-corrected chi connectivity index (χ4v) is 4.66. The van der Waals surface area contributed by atoms with E-state index in [1.807, 2.05) is 12.1 Å². The zero-order chi connectivity index (χ0) is 22.1. The largest absolute Gasteiger partial charge is 0.376 e. The van der Waals surface area contributed by atoms with E-state index in [1.165, 1.54) is 11.8 Å². The number of nitrogens with zero attached hydrogens (tertiary/aromatic N) is 2. The number of benzene rings is 2. The number of amides is 1. The quantitative estimate of drug-likeness (QED) is 0.306. The standard InChI is InChI=1S/C22H21N5O4S/c28-19(23-13-7-8-17-18(10-13)25-21(30)24-17)12-32-22-26-16-6-2-1-5-15(16)20(29)27(22)11-14-4-3-9-31-14/h1-2,5-8,10,14H,3-4,9,11-12H2,(H,23,28)(H2,24,25,30)/t14-/m1/s1. The summed E-state index contributed by atoms with van der Waals surface area (Å²) in [4.78, 5) is 47.1. The highest BCUT2D eigenvalue weighted by Crippen LogP contribution is 2.22. The van der Waals surface area contributed by atoms with Gasteiger partial charge in [0.25, 0.3) is 5.56 Å². The number of hydrogen-bond donors (Lipinski definition) is 3. The third kappa shape index (κ3) is 4.19. The van der Waals surface area contributed by atoms with Crippen molar-refractivity contribution in [1.82, 2.24) is 19.5 Å². The molecule has 3 heterocycles. The van der Waals surface area contributed by atoms with E-state index >= 15 is 0 Å². The summed E-state index contributed by atoms with van der Waals surface area (Å²) in [6, 6.07) is 12.3. The maximum atomic E-state index is 13.1. The van der Waals surface area contributed by atoms with E-state index in [0.717, 1.165) is 12.8 Å². The molecule has 3 N–H and O–H groups in total. The summed E-state index contributed by atoms with van der Waals surface area (Å²) in [6.45, 7) is 1.11. The normalized spacial score (nSPS) is 16.1. The predicted molar refractivity (Wildman–Crippen MR) is 123 cm³/mol. The molecule has 2 aromatic carbocycles. The fraction of sp³-hybridized carbons (Fsp3) is 0.273. The lowest BCUT2D eigenvalue weighted by Crippen LogP contribution is -2.29. The van der Waals surface area contributed by atoms with Crippen LogP contribution >= 0.6 is 11.8 Å². The molecule has 10 heteroatoms. The number of imidazole rings is 1. The number of H-pyrrole nitrogens is 2. The van der Waals surface area contributed by atoms with Crippen LogP contribution < -0.4 is 16.6 Å². The average Bonchev–Trinajstić information content (AvgIpc) is 3.43. The molecule has 9 nitrogen and oxygen atoms in total. The van der Waals surface area contributed by atoms with Gasteiger partial charge in [0, 0.05) is 12.3 Å². The van der Waals surface area contributed by atoms with Gasteiger partial charge in [-0.05, 0) is 43.2 Å². The molecule has 1 aliphatic rings. The molecule has 5 rings (SSSR count). The minimum Gasteiger partial charge on any atom is -0.376 e. The second-order valence-electron chi connectivity index (χ2n) is 7.64. The molecule has 4 aromatic rings.